The summed E-state index contributed by atoms with van der Waals surface area (Å²) in [4.78, 5) is 23.7. The molecule has 2 nitrogen and oxygen atoms in total. The fourth-order valence-corrected chi connectivity index (χ4v) is 11.9. The van der Waals surface area contributed by atoms with Gasteiger partial charge < -0.3 is 0 Å². The summed E-state index contributed by atoms with van der Waals surface area (Å²) in [5.41, 5.74) is 16.8. The Bertz CT molecular complexity index is 2420. The van der Waals surface area contributed by atoms with Gasteiger partial charge in [0.2, 0.25) is 0 Å². The van der Waals surface area contributed by atoms with Crippen LogP contribution in [0.4, 0.5) is 0 Å². The van der Waals surface area contributed by atoms with Crippen molar-refractivity contribution in [3.63, 3.8) is 0 Å². The molecule has 0 fully saturated rings. The summed E-state index contributed by atoms with van der Waals surface area (Å²) < 4.78 is 7.03. The normalized spacial score (nSPS) is 14.0. The predicted molar refractivity (Wildman–Crippen MR) is 269 cm³/mol. The SMILES string of the molecule is Brc1cc2ccc1CCc1ccc(c(Br)c1)CC2.CC(=O)c1cc2c(Br)cc1CCc1ccc(cc1Br)CC2.O=C(Cl)c1cc2c(Br)cc1CCc1ccc(cc1Br)CC2. The van der Waals surface area contributed by atoms with Crippen LogP contribution in [-0.4, -0.2) is 11.0 Å². The molecule has 308 valence electrons. The molecular weight excluding hydrogens is 1160 g/mol. The van der Waals surface area contributed by atoms with Crippen LogP contribution < -0.4 is 0 Å². The molecule has 12 bridgehead atoms. The largest absolute Gasteiger partial charge is 0.295 e. The van der Waals surface area contributed by atoms with Gasteiger partial charge in [-0.1, -0.05) is 144 Å². The first-order valence-electron chi connectivity index (χ1n) is 20.2. The molecule has 6 aromatic carbocycles. The minimum Gasteiger partial charge on any atom is -0.295 e. The van der Waals surface area contributed by atoms with Gasteiger partial charge in [-0.25, -0.2) is 0 Å². The molecule has 0 amide bonds. The minimum absolute atomic E-state index is 0.156. The zero-order valence-corrected chi connectivity index (χ0v) is 43.5. The number of benzene rings is 6. The van der Waals surface area contributed by atoms with Crippen LogP contribution in [0, 0.1) is 0 Å². The number of carbonyl (C=O) groups excluding carboxylic acids is 2. The number of rotatable bonds is 2. The molecule has 12 aliphatic rings. The molecule has 0 saturated heterocycles. The summed E-state index contributed by atoms with van der Waals surface area (Å²) >= 11 is 27.8. The summed E-state index contributed by atoms with van der Waals surface area (Å²) in [7, 11) is 0. The highest BCUT2D eigenvalue weighted by atomic mass is 79.9. The first-order chi connectivity index (χ1) is 28.8. The smallest absolute Gasteiger partial charge is 0.252 e. The van der Waals surface area contributed by atoms with Crippen LogP contribution in [0.3, 0.4) is 0 Å². The van der Waals surface area contributed by atoms with E-state index in [4.69, 9.17) is 11.6 Å². The highest BCUT2D eigenvalue weighted by molar-refractivity contribution is 9.11. The molecule has 0 spiro atoms. The summed E-state index contributed by atoms with van der Waals surface area (Å²) in [6.07, 6.45) is 11.6. The van der Waals surface area contributed by atoms with Gasteiger partial charge >= 0.3 is 0 Å². The number of carbonyl (C=O) groups is 2. The second-order valence-corrected chi connectivity index (χ2v) is 21.2. The molecule has 0 radical (unpaired) electrons. The Hall–Kier alpha value is -2.17. The van der Waals surface area contributed by atoms with E-state index in [-0.39, 0.29) is 11.0 Å². The summed E-state index contributed by atoms with van der Waals surface area (Å²) in [5, 5.41) is -0.372. The van der Waals surface area contributed by atoms with Crippen molar-refractivity contribution in [2.75, 3.05) is 0 Å². The molecule has 0 aromatic heterocycles. The molecule has 12 aliphatic carbocycles. The van der Waals surface area contributed by atoms with Crippen molar-refractivity contribution in [2.24, 2.45) is 0 Å². The van der Waals surface area contributed by atoms with Crippen LogP contribution in [0.15, 0.2) is 124 Å². The molecule has 0 atom stereocenters. The zero-order valence-electron chi connectivity index (χ0n) is 33.2. The van der Waals surface area contributed by atoms with Crippen LogP contribution in [0.1, 0.15) is 94.4 Å². The highest BCUT2D eigenvalue weighted by Gasteiger charge is 2.17. The van der Waals surface area contributed by atoms with Gasteiger partial charge in [-0.2, -0.15) is 0 Å². The van der Waals surface area contributed by atoms with E-state index in [1.807, 2.05) is 12.1 Å². The molecule has 0 N–H and O–H groups in total. The Labute approximate surface area is 409 Å². The van der Waals surface area contributed by atoms with Crippen LogP contribution >= 0.6 is 107 Å². The molecule has 6 aromatic rings. The van der Waals surface area contributed by atoms with Crippen molar-refractivity contribution < 1.29 is 9.59 Å². The molecule has 60 heavy (non-hydrogen) atoms. The third kappa shape index (κ3) is 11.7. The lowest BCUT2D eigenvalue weighted by atomic mass is 9.92. The number of Topliss-reactive ketones (excluding diaryl/α,β-unsaturated/α-hetero) is 1. The lowest BCUT2D eigenvalue weighted by Crippen LogP contribution is -2.06. The quantitative estimate of drug-likeness (QED) is 0.128. The van der Waals surface area contributed by atoms with E-state index < -0.39 is 0 Å². The van der Waals surface area contributed by atoms with E-state index in [0.717, 1.165) is 113 Å². The summed E-state index contributed by atoms with van der Waals surface area (Å²) in [5.74, 6) is 0.156. The van der Waals surface area contributed by atoms with Gasteiger partial charge in [0.1, 0.15) is 0 Å². The van der Waals surface area contributed by atoms with Gasteiger partial charge in [0.25, 0.3) is 5.24 Å². The molecule has 0 unspecified atom stereocenters. The van der Waals surface area contributed by atoms with Gasteiger partial charge in [0.15, 0.2) is 5.78 Å². The van der Waals surface area contributed by atoms with Crippen molar-refractivity contribution in [3.8, 4) is 0 Å². The standard InChI is InChI=1S/C18H16Br2O.C17H13Br2ClO.C16H14Br2/c1-11(21)16-9-15-5-3-12-2-4-13(17(19)8-12)6-7-14(16)10-18(15)20;18-15-7-10-1-3-11(15)5-6-12-9-16(19)13(4-2-10)8-14(12)17(20)21;17-15-9-11-1-5-13(15)8-4-12-2-6-14(7-3-11)16(18)10-12/h2,4,8-10H,3,5-7H2,1H3;1,3,7-9H,2,4-6H2;1-2,5-6,9-10H,3-4,7-8H2. The second-order valence-electron chi connectivity index (χ2n) is 15.7. The number of ketones is 1. The van der Waals surface area contributed by atoms with Gasteiger partial charge in [-0.05, 0) is 211 Å². The van der Waals surface area contributed by atoms with E-state index in [9.17, 15) is 9.59 Å². The Balaban J connectivity index is 0.000000137. The van der Waals surface area contributed by atoms with Crippen LogP contribution in [-0.2, 0) is 77.0 Å². The maximum Gasteiger partial charge on any atom is 0.252 e. The first kappa shape index (κ1) is 45.8. The number of halogens is 7. The highest BCUT2D eigenvalue weighted by Crippen LogP contribution is 2.32. The summed E-state index contributed by atoms with van der Waals surface area (Å²) in [6.45, 7) is 1.66. The average molecular weight is 1200 g/mol. The van der Waals surface area contributed by atoms with E-state index in [2.05, 4.69) is 181 Å². The van der Waals surface area contributed by atoms with E-state index in [1.54, 1.807) is 6.92 Å². The minimum atomic E-state index is -0.372. The third-order valence-corrected chi connectivity index (χ3v) is 16.3. The lowest BCUT2D eigenvalue weighted by Gasteiger charge is -2.15. The van der Waals surface area contributed by atoms with Gasteiger partial charge in [-0.3, -0.25) is 9.59 Å². The Morgan fingerprint density at radius 2 is 0.617 bits per heavy atom. The van der Waals surface area contributed by atoms with Gasteiger partial charge in [0.05, 0.1) is 0 Å². The topological polar surface area (TPSA) is 34.1 Å². The predicted octanol–water partition coefficient (Wildman–Crippen LogP) is 15.9. The molecule has 0 aliphatic heterocycles. The number of hydrogen-bond donors (Lipinski definition) is 0. The molecule has 9 heteroatoms. The van der Waals surface area contributed by atoms with E-state index >= 15 is 0 Å². The maximum absolute atomic E-state index is 11.9. The fraction of sp³-hybridized carbons (Fsp3) is 0.255. The van der Waals surface area contributed by atoms with Crippen molar-refractivity contribution in [1.29, 1.82) is 0 Å². The molecular formula is C51H43Br6ClO2. The summed E-state index contributed by atoms with van der Waals surface area (Å²) in [6, 6.07) is 35.0. The van der Waals surface area contributed by atoms with Crippen molar-refractivity contribution in [2.45, 2.75) is 84.0 Å². The average Bonchev–Trinajstić information content (AvgIpc) is 3.19. The third-order valence-electron chi connectivity index (χ3n) is 11.7. The van der Waals surface area contributed by atoms with Crippen molar-refractivity contribution in [1.82, 2.24) is 0 Å². The van der Waals surface area contributed by atoms with Crippen LogP contribution in [0.25, 0.3) is 0 Å². The molecule has 18 rings (SSSR count). The van der Waals surface area contributed by atoms with E-state index in [1.165, 1.54) is 63.5 Å². The Morgan fingerprint density at radius 1 is 0.350 bits per heavy atom. The molecule has 0 saturated carbocycles. The lowest BCUT2D eigenvalue weighted by molar-refractivity contribution is 0.101. The van der Waals surface area contributed by atoms with Gasteiger partial charge in [0, 0.05) is 38.0 Å². The Morgan fingerprint density at radius 3 is 0.933 bits per heavy atom. The second kappa shape index (κ2) is 21.0. The first-order valence-corrected chi connectivity index (χ1v) is 25.4. The zero-order chi connectivity index (χ0) is 42.5. The Kier molecular flexibility index (Phi) is 16.0. The van der Waals surface area contributed by atoms with Crippen molar-refractivity contribution in [3.05, 3.63) is 202 Å². The van der Waals surface area contributed by atoms with Crippen molar-refractivity contribution >= 4 is 118 Å². The fourth-order valence-electron chi connectivity index (χ4n) is 8.08. The van der Waals surface area contributed by atoms with Gasteiger partial charge in [-0.15, -0.1) is 0 Å². The number of hydrogen-bond acceptors (Lipinski definition) is 2. The monoisotopic (exact) mass is 1200 g/mol. The number of aryl methyl sites for hydroxylation is 12. The molecule has 0 heterocycles. The van der Waals surface area contributed by atoms with E-state index in [0.29, 0.717) is 5.56 Å². The van der Waals surface area contributed by atoms with Crippen LogP contribution in [0.2, 0.25) is 0 Å². The maximum atomic E-state index is 11.9. The van der Waals surface area contributed by atoms with Crippen LogP contribution in [0.5, 0.6) is 0 Å².